The van der Waals surface area contributed by atoms with E-state index in [9.17, 15) is 9.59 Å². The number of rotatable bonds is 7. The van der Waals surface area contributed by atoms with Crippen LogP contribution in [0.25, 0.3) is 20.4 Å². The van der Waals surface area contributed by atoms with Gasteiger partial charge in [-0.1, -0.05) is 47.5 Å². The quantitative estimate of drug-likeness (QED) is 0.132. The number of halogens is 2. The fraction of sp³-hybridized carbons (Fsp3) is 0.161. The van der Waals surface area contributed by atoms with E-state index in [0.29, 0.717) is 17.3 Å². The van der Waals surface area contributed by atoms with Crippen LogP contribution < -0.4 is 51.4 Å². The molecule has 6 rings (SSSR count). The number of esters is 1. The minimum atomic E-state index is -0.930. The number of benzene rings is 2. The number of hydrogen-bond donors (Lipinski definition) is 4. The van der Waals surface area contributed by atoms with Gasteiger partial charge in [0.25, 0.3) is 0 Å². The second-order valence-corrected chi connectivity index (χ2v) is 11.7. The van der Waals surface area contributed by atoms with E-state index in [2.05, 4.69) is 20.7 Å². The van der Waals surface area contributed by atoms with Gasteiger partial charge in [-0.2, -0.15) is 0 Å². The van der Waals surface area contributed by atoms with E-state index >= 15 is 0 Å². The maximum Gasteiger partial charge on any atom is 1.00 e. The molecule has 0 saturated carbocycles. The molecular formula is C31H29Cl2KN2O6S2. The van der Waals surface area contributed by atoms with Gasteiger partial charge in [0.2, 0.25) is 0 Å². The predicted molar refractivity (Wildman–Crippen MR) is 174 cm³/mol. The van der Waals surface area contributed by atoms with Crippen LogP contribution in [0.1, 0.15) is 50.2 Å². The van der Waals surface area contributed by atoms with E-state index in [4.69, 9.17) is 38.2 Å². The van der Waals surface area contributed by atoms with Crippen molar-refractivity contribution in [2.75, 3.05) is 13.7 Å². The number of carbonyl (C=O) groups excluding carboxylic acids is 1. The van der Waals surface area contributed by atoms with Crippen LogP contribution >= 0.6 is 45.9 Å². The van der Waals surface area contributed by atoms with Crippen LogP contribution in [0.4, 0.5) is 0 Å². The van der Waals surface area contributed by atoms with Crippen molar-refractivity contribution < 1.29 is 81.4 Å². The van der Waals surface area contributed by atoms with Crippen LogP contribution in [-0.2, 0) is 17.6 Å². The number of aromatic amines is 2. The third kappa shape index (κ3) is 9.75. The first-order valence-electron chi connectivity index (χ1n) is 12.8. The molecule has 13 heteroatoms. The Morgan fingerprint density at radius 3 is 1.59 bits per heavy atom. The second kappa shape index (κ2) is 18.2. The normalized spacial score (nSPS) is 10.1. The zero-order chi connectivity index (χ0) is 30.2. The first-order valence-corrected chi connectivity index (χ1v) is 15.3. The first kappa shape index (κ1) is 38.2. The predicted octanol–water partition coefficient (Wildman–Crippen LogP) is 5.26. The average molecular weight is 700 g/mol. The number of ether oxygens (including phenoxy) is 1. The number of carbonyl (C=O) groups is 2. The Morgan fingerprint density at radius 1 is 0.773 bits per heavy atom. The van der Waals surface area contributed by atoms with Gasteiger partial charge in [-0.05, 0) is 76.3 Å². The van der Waals surface area contributed by atoms with Crippen molar-refractivity contribution in [3.05, 3.63) is 115 Å². The summed E-state index contributed by atoms with van der Waals surface area (Å²) in [6.45, 7) is 2.18. The molecule has 0 spiro atoms. The standard InChI is InChI=1S/C16H14ClNO2S.C14H10ClNO2S.CH4O.K.H2O/c1-2-20-16(19)13-8-14-15(18-13)11(9-21-14)7-10-3-5-12(17)6-4-10;15-10-3-1-8(2-4-10)5-9-7-19-12-6-11(14(17)18)16-13(9)12;1-2;;/h3-6,8-9,18H,2,7H2,1H3;1-4,6-7,16H,5H2,(H,17,18);2H,1H3;;1H2/q;;;+1;/p-1. The molecule has 0 radical (unpaired) electrons. The number of nitrogens with one attached hydrogen (secondary N) is 2. The molecule has 44 heavy (non-hydrogen) atoms. The van der Waals surface area contributed by atoms with Gasteiger partial charge >= 0.3 is 63.3 Å². The SMILES string of the molecule is CCOC(=O)c1cc2scc(Cc3ccc(Cl)cc3)c2[nH]1.CO.O=C(O)c1cc2scc(Cc3ccc(Cl)cc3)c2[nH]1.[K+].[OH-]. The van der Waals surface area contributed by atoms with Gasteiger partial charge in [0, 0.05) is 30.0 Å². The molecule has 0 aliphatic carbocycles. The van der Waals surface area contributed by atoms with E-state index in [0.717, 1.165) is 56.5 Å². The molecule has 0 aliphatic rings. The topological polar surface area (TPSA) is 145 Å². The zero-order valence-electron chi connectivity index (χ0n) is 24.2. The van der Waals surface area contributed by atoms with Crippen molar-refractivity contribution >= 4 is 78.2 Å². The molecule has 6 aromatic rings. The summed E-state index contributed by atoms with van der Waals surface area (Å²) < 4.78 is 7.06. The number of aromatic carboxylic acids is 1. The zero-order valence-corrected chi connectivity index (χ0v) is 30.5. The van der Waals surface area contributed by atoms with E-state index < -0.39 is 5.97 Å². The third-order valence-corrected chi connectivity index (χ3v) is 8.66. The van der Waals surface area contributed by atoms with Gasteiger partial charge in [-0.25, -0.2) is 9.59 Å². The minimum Gasteiger partial charge on any atom is -0.870 e. The summed E-state index contributed by atoms with van der Waals surface area (Å²) >= 11 is 14.9. The Labute approximate surface area is 314 Å². The molecule has 5 N–H and O–H groups in total. The van der Waals surface area contributed by atoms with Crippen molar-refractivity contribution in [2.24, 2.45) is 0 Å². The van der Waals surface area contributed by atoms with Crippen molar-refractivity contribution in [3.8, 4) is 0 Å². The van der Waals surface area contributed by atoms with Gasteiger partial charge < -0.3 is 30.4 Å². The Morgan fingerprint density at radius 2 is 1.18 bits per heavy atom. The minimum absolute atomic E-state index is 0. The number of aliphatic hydroxyl groups excluding tert-OH is 1. The van der Waals surface area contributed by atoms with Crippen LogP contribution in [0.3, 0.4) is 0 Å². The molecule has 0 aliphatic heterocycles. The monoisotopic (exact) mass is 698 g/mol. The number of hydrogen-bond acceptors (Lipinski definition) is 7. The van der Waals surface area contributed by atoms with Crippen LogP contribution in [0.5, 0.6) is 0 Å². The van der Waals surface area contributed by atoms with Crippen molar-refractivity contribution in [1.82, 2.24) is 9.97 Å². The molecular weight excluding hydrogens is 670 g/mol. The second-order valence-electron chi connectivity index (χ2n) is 9.00. The summed E-state index contributed by atoms with van der Waals surface area (Å²) in [7, 11) is 1.00. The number of fused-ring (bicyclic) bond motifs is 2. The molecule has 8 nitrogen and oxygen atoms in total. The Hall–Kier alpha value is -2.00. The number of carboxylic acid groups (broad SMARTS) is 1. The molecule has 4 heterocycles. The molecule has 0 amide bonds. The fourth-order valence-corrected chi connectivity index (χ4v) is 6.42. The van der Waals surface area contributed by atoms with Gasteiger partial charge in [-0.3, -0.25) is 0 Å². The van der Waals surface area contributed by atoms with Crippen LogP contribution in [-0.4, -0.2) is 51.3 Å². The van der Waals surface area contributed by atoms with Crippen molar-refractivity contribution in [1.29, 1.82) is 0 Å². The summed E-state index contributed by atoms with van der Waals surface area (Å²) in [6.07, 6.45) is 1.57. The first-order chi connectivity index (χ1) is 20.3. The van der Waals surface area contributed by atoms with Crippen LogP contribution in [0.2, 0.25) is 10.0 Å². The van der Waals surface area contributed by atoms with Crippen LogP contribution in [0.15, 0.2) is 71.4 Å². The third-order valence-electron chi connectivity index (χ3n) is 6.20. The Bertz CT molecular complexity index is 1790. The summed E-state index contributed by atoms with van der Waals surface area (Å²) in [4.78, 5) is 28.8. The maximum atomic E-state index is 11.8. The molecule has 2 aromatic carbocycles. The van der Waals surface area contributed by atoms with Crippen molar-refractivity contribution in [3.63, 3.8) is 0 Å². The number of thiophene rings is 2. The smallest absolute Gasteiger partial charge is 0.870 e. The van der Waals surface area contributed by atoms with Gasteiger partial charge in [-0.15, -0.1) is 22.7 Å². The number of carboxylic acids is 1. The summed E-state index contributed by atoms with van der Waals surface area (Å²) in [5, 5.41) is 21.6. The molecule has 0 saturated heterocycles. The summed E-state index contributed by atoms with van der Waals surface area (Å²) in [5.41, 5.74) is 7.29. The van der Waals surface area contributed by atoms with E-state index in [1.165, 1.54) is 11.1 Å². The summed E-state index contributed by atoms with van der Waals surface area (Å²) in [6, 6.07) is 19.0. The molecule has 0 bridgehead atoms. The van der Waals surface area contributed by atoms with E-state index in [1.54, 1.807) is 35.7 Å². The molecule has 0 fully saturated rings. The molecule has 226 valence electrons. The maximum absolute atomic E-state index is 11.8. The Kier molecular flexibility index (Phi) is 15.8. The Balaban J connectivity index is 0.000000280. The largest absolute Gasteiger partial charge is 1.00 e. The van der Waals surface area contributed by atoms with E-state index in [-0.39, 0.29) is 68.5 Å². The molecule has 0 unspecified atom stereocenters. The summed E-state index contributed by atoms with van der Waals surface area (Å²) in [5.74, 6) is -1.24. The van der Waals surface area contributed by atoms with Crippen molar-refractivity contribution in [2.45, 2.75) is 19.8 Å². The average Bonchev–Trinajstić information content (AvgIpc) is 3.76. The fourth-order valence-electron chi connectivity index (χ4n) is 4.26. The molecule has 0 atom stereocenters. The van der Waals surface area contributed by atoms with Gasteiger partial charge in [0.1, 0.15) is 11.4 Å². The number of aliphatic hydroxyl groups is 1. The number of H-pyrrole nitrogens is 2. The number of aromatic nitrogens is 2. The van der Waals surface area contributed by atoms with Gasteiger partial charge in [0.05, 0.1) is 27.0 Å². The van der Waals surface area contributed by atoms with E-state index in [1.807, 2.05) is 54.6 Å². The van der Waals surface area contributed by atoms with Gasteiger partial charge in [0.15, 0.2) is 0 Å². The molecule has 4 aromatic heterocycles. The van der Waals surface area contributed by atoms with Crippen LogP contribution in [0, 0.1) is 0 Å².